The Labute approximate surface area is 654 Å². The van der Waals surface area contributed by atoms with E-state index < -0.39 is 5.97 Å². The van der Waals surface area contributed by atoms with Crippen LogP contribution in [0.25, 0.3) is 32.9 Å². The number of esters is 1. The molecule has 0 radical (unpaired) electrons. The lowest BCUT2D eigenvalue weighted by Crippen LogP contribution is -2.40. The van der Waals surface area contributed by atoms with Gasteiger partial charge in [-0.3, -0.25) is 14.4 Å². The molecule has 0 unspecified atom stereocenters. The fourth-order valence-electron chi connectivity index (χ4n) is 17.5. The summed E-state index contributed by atoms with van der Waals surface area (Å²) in [5.74, 6) is 2.64. The van der Waals surface area contributed by atoms with Gasteiger partial charge in [0.2, 0.25) is 0 Å². The predicted molar refractivity (Wildman–Crippen MR) is 440 cm³/mol. The number of benzene rings is 3. The zero-order valence-electron chi connectivity index (χ0n) is 67.6. The number of hydrogen-bond donors (Lipinski definition) is 5. The van der Waals surface area contributed by atoms with E-state index in [0.29, 0.717) is 75.8 Å². The Hall–Kier alpha value is -8.00. The number of carbonyl (C=O) groups excluding carboxylic acids is 2. The number of nitrogens with one attached hydrogen (secondary N) is 3. The van der Waals surface area contributed by atoms with E-state index in [4.69, 9.17) is 37.9 Å². The van der Waals surface area contributed by atoms with Gasteiger partial charge in [-0.25, -0.2) is 9.59 Å². The molecule has 6 fully saturated rings. The van der Waals surface area contributed by atoms with Crippen LogP contribution in [0.2, 0.25) is 0 Å². The molecule has 11 heterocycles. The lowest BCUT2D eigenvalue weighted by molar-refractivity contribution is 0.0600. The van der Waals surface area contributed by atoms with Crippen molar-refractivity contribution in [2.75, 3.05) is 141 Å². The quantitative estimate of drug-likeness (QED) is 0.0500. The van der Waals surface area contributed by atoms with Crippen LogP contribution in [0, 0.1) is 48.5 Å². The van der Waals surface area contributed by atoms with Gasteiger partial charge in [-0.15, -0.1) is 12.4 Å². The standard InChI is InChI=1S/C31H42N4O4.C24H34N2O4.C23H32N2O4.C8H12N2O.ClH/c1-6-35(23-9-13-38-14-10-23)26-17-28-24(16-27(39-28)22-7-11-34(5)12-8-22)29(21(26)4)31(37)32-18-25-19(2)15-20(3)33-30(25)36;1-5-26(18-8-12-29-13-9-18)20-15-22-19(23(16(20)2)24(27)28-4)14-21(30-22)17-6-10-25(3)11-7-17;1-4-25(17-7-11-28-12-8-17)19-14-21-18(22(15(19)2)23(26)27)13-20(29-21)16-5-9-24(3)10-6-16;1-5-3-6(2)10-8(11)7(5)4-9;/h15-17,22-23H,6-14,18H2,1-5H3,(H,32,37)(H,33,36);14-15,17-18H,5-13H2,1-4H3;13-14,16-17H,4-12H2,1-3H3,(H,26,27);3H,4,9H2,1-2H3,(H,10,11);1H. The largest absolute Gasteiger partial charge is 0.478 e. The number of aryl methyl sites for hydroxylation is 4. The number of furan rings is 3. The third-order valence-corrected chi connectivity index (χ3v) is 23.9. The molecule has 0 spiro atoms. The predicted octanol–water partition coefficient (Wildman–Crippen LogP) is 14.3. The van der Waals surface area contributed by atoms with Crippen molar-refractivity contribution < 1.29 is 51.7 Å². The van der Waals surface area contributed by atoms with E-state index in [0.717, 1.165) is 276 Å². The molecule has 6 aliphatic heterocycles. The van der Waals surface area contributed by atoms with Crippen LogP contribution in [0.5, 0.6) is 0 Å². The maximum atomic E-state index is 13.9. The maximum absolute atomic E-state index is 13.9. The third kappa shape index (κ3) is 19.4. The molecule has 0 bridgehead atoms. The number of amides is 1. The number of anilines is 3. The van der Waals surface area contributed by atoms with Crippen LogP contribution in [0.3, 0.4) is 0 Å². The van der Waals surface area contributed by atoms with E-state index in [1.807, 2.05) is 66.7 Å². The average molecular weight is 1540 g/mol. The Kier molecular flexibility index (Phi) is 29.5. The van der Waals surface area contributed by atoms with Gasteiger partial charge in [-0.05, 0) is 265 Å². The molecule has 1 amide bonds. The highest BCUT2D eigenvalue weighted by Gasteiger charge is 2.34. The lowest BCUT2D eigenvalue weighted by Gasteiger charge is -2.36. The second-order valence-corrected chi connectivity index (χ2v) is 31.1. The van der Waals surface area contributed by atoms with Gasteiger partial charge < -0.3 is 87.7 Å². The number of nitrogens with zero attached hydrogens (tertiary/aromatic N) is 6. The van der Waals surface area contributed by atoms with Crippen LogP contribution in [0.1, 0.15) is 214 Å². The van der Waals surface area contributed by atoms with Gasteiger partial charge in [0.1, 0.15) is 34.0 Å². The summed E-state index contributed by atoms with van der Waals surface area (Å²) in [4.78, 5) is 82.4. The lowest BCUT2D eigenvalue weighted by atomic mass is 9.93. The number of fused-ring (bicyclic) bond motifs is 3. The second-order valence-electron chi connectivity index (χ2n) is 31.1. The molecule has 6 N–H and O–H groups in total. The SMILES string of the molecule is CCN(c1cc2oc(C3CCN(C)CC3)cc2c(C(=O)NCc2c(C)cc(C)[nH]c2=O)c1C)C1CCOCC1.CCN(c1cc2oc(C3CCN(C)CC3)cc2c(C(=O)O)c1C)C1CCOCC1.CCN(c1cc2oc(C3CCN(C)CC3)cc2c(C(=O)OC)c1C)C1CCOCC1.Cc1cc(C)c(CN)c(=O)[nH]1.Cl. The van der Waals surface area contributed by atoms with Gasteiger partial charge in [-0.1, -0.05) is 0 Å². The molecule has 0 saturated carbocycles. The molecule has 5 aromatic heterocycles. The van der Waals surface area contributed by atoms with Gasteiger partial charge in [0.25, 0.3) is 17.0 Å². The molecular weight excluding hydrogens is 1420 g/mol. The van der Waals surface area contributed by atoms with Gasteiger partial charge in [0.15, 0.2) is 0 Å². The summed E-state index contributed by atoms with van der Waals surface area (Å²) in [5, 5.41) is 15.5. The number of carboxylic acid groups (broad SMARTS) is 1. The van der Waals surface area contributed by atoms with Gasteiger partial charge >= 0.3 is 11.9 Å². The molecular formula is C86H121ClN10O13. The number of piperidine rings is 3. The zero-order valence-corrected chi connectivity index (χ0v) is 68.4. The number of hydrogen-bond acceptors (Lipinski definition) is 19. The van der Waals surface area contributed by atoms with Crippen LogP contribution in [-0.2, 0) is 32.0 Å². The fraction of sp³-hybridized carbons (Fsp3) is 0.570. The number of nitrogens with two attached hydrogens (primary N) is 1. The Morgan fingerprint density at radius 3 is 1.13 bits per heavy atom. The summed E-state index contributed by atoms with van der Waals surface area (Å²) >= 11 is 0. The first-order valence-corrected chi connectivity index (χ1v) is 39.9. The summed E-state index contributed by atoms with van der Waals surface area (Å²) in [6.07, 6.45) is 12.2. The number of likely N-dealkylation sites (tertiary alicyclic amines) is 3. The Bertz CT molecular complexity index is 4570. The van der Waals surface area contributed by atoms with Crippen molar-refractivity contribution >= 4 is 80.2 Å². The van der Waals surface area contributed by atoms with Crippen LogP contribution in [0.4, 0.5) is 17.1 Å². The zero-order chi connectivity index (χ0) is 77.9. The number of aromatic amines is 2. The highest BCUT2D eigenvalue weighted by atomic mass is 35.5. The molecule has 110 heavy (non-hydrogen) atoms. The number of carbonyl (C=O) groups is 3. The number of carboxylic acids is 1. The molecule has 8 aromatic rings. The minimum atomic E-state index is -0.881. The highest BCUT2D eigenvalue weighted by Crippen LogP contribution is 2.43. The smallest absolute Gasteiger partial charge is 0.338 e. The summed E-state index contributed by atoms with van der Waals surface area (Å²) in [6, 6.07) is 17.5. The summed E-state index contributed by atoms with van der Waals surface area (Å²) in [7, 11) is 7.91. The number of halogens is 1. The number of aromatic nitrogens is 2. The Morgan fingerprint density at radius 1 is 0.491 bits per heavy atom. The van der Waals surface area contributed by atoms with Crippen LogP contribution in [0.15, 0.2) is 71.4 Å². The number of H-pyrrole nitrogens is 2. The molecule has 14 rings (SSSR count). The van der Waals surface area contributed by atoms with Crippen LogP contribution in [-0.4, -0.2) is 193 Å². The molecule has 24 heteroatoms. The van der Waals surface area contributed by atoms with Gasteiger partial charge in [0.05, 0.1) is 23.8 Å². The molecule has 23 nitrogen and oxygen atoms in total. The minimum Gasteiger partial charge on any atom is -0.478 e. The van der Waals surface area contributed by atoms with Crippen molar-refractivity contribution in [3.63, 3.8) is 0 Å². The Balaban J connectivity index is 0.000000165. The van der Waals surface area contributed by atoms with E-state index in [2.05, 4.69) is 117 Å². The first-order chi connectivity index (χ1) is 52.4. The van der Waals surface area contributed by atoms with E-state index in [-0.39, 0.29) is 41.9 Å². The molecule has 6 saturated heterocycles. The fourth-order valence-corrected chi connectivity index (χ4v) is 17.5. The number of pyridine rings is 2. The van der Waals surface area contributed by atoms with Crippen LogP contribution < -0.4 is 36.9 Å². The van der Waals surface area contributed by atoms with E-state index in [1.54, 1.807) is 0 Å². The number of methoxy groups -OCH3 is 1. The van der Waals surface area contributed by atoms with E-state index >= 15 is 0 Å². The number of ether oxygens (including phenoxy) is 4. The van der Waals surface area contributed by atoms with Crippen molar-refractivity contribution in [1.29, 1.82) is 0 Å². The summed E-state index contributed by atoms with van der Waals surface area (Å²) in [5.41, 5.74) is 19.7. The second kappa shape index (κ2) is 38.5. The highest BCUT2D eigenvalue weighted by molar-refractivity contribution is 6.10. The van der Waals surface area contributed by atoms with Crippen LogP contribution >= 0.6 is 12.4 Å². The average Bonchev–Trinajstić information content (AvgIpc) is 1.58. The topological polar surface area (TPSA) is 271 Å². The monoisotopic (exact) mass is 1540 g/mol. The maximum Gasteiger partial charge on any atom is 0.338 e. The first kappa shape index (κ1) is 84.4. The summed E-state index contributed by atoms with van der Waals surface area (Å²) in [6.45, 7) is 33.9. The molecule has 600 valence electrons. The minimum absolute atomic E-state index is 0. The normalized spacial score (nSPS) is 17.7. The number of rotatable bonds is 18. The van der Waals surface area contributed by atoms with Crippen molar-refractivity contribution in [1.82, 2.24) is 30.0 Å². The summed E-state index contributed by atoms with van der Waals surface area (Å²) < 4.78 is 41.1. The van der Waals surface area contributed by atoms with E-state index in [1.165, 1.54) is 7.11 Å². The molecule has 6 aliphatic rings. The van der Waals surface area contributed by atoms with Crippen molar-refractivity contribution in [3.8, 4) is 0 Å². The van der Waals surface area contributed by atoms with Gasteiger partial charge in [0, 0.05) is 182 Å². The molecule has 0 aliphatic carbocycles. The number of aromatic carboxylic acids is 1. The van der Waals surface area contributed by atoms with Crippen molar-refractivity contribution in [2.24, 2.45) is 5.73 Å². The molecule has 3 aromatic carbocycles. The third-order valence-electron chi connectivity index (χ3n) is 23.9. The molecule has 0 atom stereocenters. The van der Waals surface area contributed by atoms with Crippen molar-refractivity contribution in [2.45, 2.75) is 195 Å². The Morgan fingerprint density at radius 2 is 0.809 bits per heavy atom. The van der Waals surface area contributed by atoms with E-state index in [9.17, 15) is 29.1 Å². The first-order valence-electron chi connectivity index (χ1n) is 39.9. The van der Waals surface area contributed by atoms with Gasteiger partial charge in [-0.2, -0.15) is 0 Å². The van der Waals surface area contributed by atoms with Crippen molar-refractivity contribution in [3.05, 3.63) is 154 Å².